The number of aliphatic carboxylic acids is 1. The first-order chi connectivity index (χ1) is 27.5. The number of benzene rings is 2. The minimum absolute atomic E-state index is 0. The molecular formula is C41H57NNaO15. The fourth-order valence-electron chi connectivity index (χ4n) is 8.33. The molecule has 0 aromatic heterocycles. The fraction of sp³-hybridized carbons (Fsp3) is 0.659. The smallest absolute Gasteiger partial charge is 0.332 e. The monoisotopic (exact) mass is 826 g/mol. The van der Waals surface area contributed by atoms with Gasteiger partial charge in [0, 0.05) is 42.7 Å². The number of aliphatic hydroxyl groups excluding tert-OH is 6. The zero-order chi connectivity index (χ0) is 40.6. The van der Waals surface area contributed by atoms with Crippen LogP contribution in [-0.4, -0.2) is 183 Å². The van der Waals surface area contributed by atoms with E-state index in [1.54, 1.807) is 0 Å². The molecule has 3 saturated heterocycles. The molecule has 1 radical (unpaired) electrons. The van der Waals surface area contributed by atoms with Gasteiger partial charge in [-0.05, 0) is 36.8 Å². The van der Waals surface area contributed by atoms with Crippen molar-refractivity contribution in [1.82, 2.24) is 5.32 Å². The minimum Gasteiger partial charge on any atom is -0.479 e. The van der Waals surface area contributed by atoms with Gasteiger partial charge in [0.1, 0.15) is 54.9 Å². The van der Waals surface area contributed by atoms with Gasteiger partial charge in [-0.2, -0.15) is 0 Å². The number of carbonyl (C=O) groups is 2. The zero-order valence-corrected chi connectivity index (χ0v) is 35.0. The van der Waals surface area contributed by atoms with Gasteiger partial charge < -0.3 is 69.5 Å². The molecule has 16 nitrogen and oxygen atoms in total. The maximum atomic E-state index is 14.0. The summed E-state index contributed by atoms with van der Waals surface area (Å²) < 4.78 is 36.3. The molecule has 17 heteroatoms. The molecule has 14 atom stereocenters. The summed E-state index contributed by atoms with van der Waals surface area (Å²) in [4.78, 5) is 26.3. The molecule has 0 bridgehead atoms. The topological polar surface area (TPSA) is 243 Å². The summed E-state index contributed by atoms with van der Waals surface area (Å²) in [6.07, 6.45) is -14.4. The van der Waals surface area contributed by atoms with Crippen LogP contribution in [0.2, 0.25) is 0 Å². The summed E-state index contributed by atoms with van der Waals surface area (Å²) in [6, 6.07) is 18.5. The van der Waals surface area contributed by atoms with E-state index in [-0.39, 0.29) is 67.4 Å². The van der Waals surface area contributed by atoms with Crippen LogP contribution in [0.4, 0.5) is 0 Å². The van der Waals surface area contributed by atoms with E-state index in [9.17, 15) is 45.3 Å². The normalized spacial score (nSPS) is 35.1. The van der Waals surface area contributed by atoms with E-state index in [2.05, 4.69) is 5.32 Å². The van der Waals surface area contributed by atoms with Gasteiger partial charge in [0.25, 0.3) is 0 Å². The third kappa shape index (κ3) is 11.4. The Kier molecular flexibility index (Phi) is 17.9. The van der Waals surface area contributed by atoms with Gasteiger partial charge in [-0.15, -0.1) is 0 Å². The molecule has 0 spiro atoms. The molecule has 58 heavy (non-hydrogen) atoms. The van der Waals surface area contributed by atoms with Crippen molar-refractivity contribution in [3.63, 3.8) is 0 Å². The Labute approximate surface area is 360 Å². The number of carbonyl (C=O) groups excluding carboxylic acids is 1. The van der Waals surface area contributed by atoms with Crippen molar-refractivity contribution in [3.05, 3.63) is 71.8 Å². The van der Waals surface area contributed by atoms with Gasteiger partial charge in [0.05, 0.1) is 24.7 Å². The molecule has 1 aliphatic carbocycles. The molecule has 1 amide bonds. The number of hydrogen-bond acceptors (Lipinski definition) is 14. The van der Waals surface area contributed by atoms with Crippen molar-refractivity contribution in [3.8, 4) is 0 Å². The maximum absolute atomic E-state index is 14.0. The largest absolute Gasteiger partial charge is 0.479 e. The van der Waals surface area contributed by atoms with E-state index in [1.807, 2.05) is 60.7 Å². The Morgan fingerprint density at radius 2 is 1.38 bits per heavy atom. The Hall–Kier alpha value is -2.10. The second-order valence-corrected chi connectivity index (χ2v) is 15.5. The van der Waals surface area contributed by atoms with Crippen LogP contribution in [0.25, 0.3) is 0 Å². The first-order valence-corrected chi connectivity index (χ1v) is 20.0. The number of nitrogens with one attached hydrogen (secondary N) is 1. The molecule has 317 valence electrons. The number of carboxylic acids is 1. The fourth-order valence-corrected chi connectivity index (χ4v) is 8.33. The van der Waals surface area contributed by atoms with Crippen molar-refractivity contribution in [2.45, 2.75) is 144 Å². The summed E-state index contributed by atoms with van der Waals surface area (Å²) in [5.41, 5.74) is 1.51. The van der Waals surface area contributed by atoms with E-state index in [1.165, 1.54) is 6.92 Å². The maximum Gasteiger partial charge on any atom is 0.332 e. The first kappa shape index (κ1) is 47.0. The minimum atomic E-state index is -1.73. The van der Waals surface area contributed by atoms with Gasteiger partial charge in [0.15, 0.2) is 18.7 Å². The summed E-state index contributed by atoms with van der Waals surface area (Å²) >= 11 is 0. The second kappa shape index (κ2) is 22.1. The van der Waals surface area contributed by atoms with Gasteiger partial charge in [-0.3, -0.25) is 4.79 Å². The molecule has 0 unspecified atom stereocenters. The average Bonchev–Trinajstić information content (AvgIpc) is 3.22. The van der Waals surface area contributed by atoms with E-state index in [4.69, 9.17) is 28.4 Å². The molecular weight excluding hydrogens is 769 g/mol. The number of rotatable bonds is 15. The summed E-state index contributed by atoms with van der Waals surface area (Å²) in [7, 11) is 0. The van der Waals surface area contributed by atoms with Crippen LogP contribution in [0.3, 0.4) is 0 Å². The van der Waals surface area contributed by atoms with Crippen LogP contribution in [0.5, 0.6) is 0 Å². The Morgan fingerprint density at radius 3 is 1.98 bits per heavy atom. The predicted octanol–water partition coefficient (Wildman–Crippen LogP) is 0.189. The molecule has 3 aliphatic heterocycles. The predicted molar refractivity (Wildman–Crippen MR) is 205 cm³/mol. The molecule has 2 aromatic rings. The number of carboxylic acid groups (broad SMARTS) is 1. The molecule has 3 heterocycles. The van der Waals surface area contributed by atoms with Crippen LogP contribution in [0, 0.1) is 5.92 Å². The Bertz CT molecular complexity index is 1520. The van der Waals surface area contributed by atoms with Crippen molar-refractivity contribution >= 4 is 41.4 Å². The second-order valence-electron chi connectivity index (χ2n) is 15.5. The number of amides is 1. The van der Waals surface area contributed by atoms with Gasteiger partial charge in [-0.25, -0.2) is 4.79 Å². The van der Waals surface area contributed by atoms with Crippen LogP contribution in [-0.2, 0) is 38.0 Å². The SMILES string of the molecule is C[C@@H]1O[C@@H](O[C@@H]2[C@@H](CNC(=O)C(c3ccccc3)c3ccccc3)OCC[C@H]2O[C@@H]2O[C@H](CO)[C@H](O)[C@H](O[C@@H](CC3CCCCC3)C(=O)O)[C@H]2O)[C@@H](O)[C@H](O)[C@@H]1O.[Na]. The number of aliphatic hydroxyl groups is 6. The van der Waals surface area contributed by atoms with Crippen LogP contribution in [0.15, 0.2) is 60.7 Å². The van der Waals surface area contributed by atoms with Crippen LogP contribution < -0.4 is 5.32 Å². The van der Waals surface area contributed by atoms with Crippen LogP contribution in [0.1, 0.15) is 68.9 Å². The molecule has 4 aliphatic rings. The number of ether oxygens (including phenoxy) is 6. The third-order valence-corrected chi connectivity index (χ3v) is 11.6. The summed E-state index contributed by atoms with van der Waals surface area (Å²) in [5.74, 6) is -2.17. The van der Waals surface area contributed by atoms with E-state index in [0.29, 0.717) is 0 Å². The first-order valence-electron chi connectivity index (χ1n) is 20.0. The molecule has 8 N–H and O–H groups in total. The van der Waals surface area contributed by atoms with Crippen molar-refractivity contribution in [2.75, 3.05) is 19.8 Å². The van der Waals surface area contributed by atoms with Crippen molar-refractivity contribution < 1.29 is 73.8 Å². The van der Waals surface area contributed by atoms with Gasteiger partial charge in [0.2, 0.25) is 5.91 Å². The van der Waals surface area contributed by atoms with Crippen molar-refractivity contribution in [2.24, 2.45) is 5.92 Å². The van der Waals surface area contributed by atoms with Gasteiger partial charge in [-0.1, -0.05) is 92.8 Å². The third-order valence-electron chi connectivity index (χ3n) is 11.6. The van der Waals surface area contributed by atoms with Crippen molar-refractivity contribution in [1.29, 1.82) is 0 Å². The van der Waals surface area contributed by atoms with E-state index >= 15 is 0 Å². The molecule has 1 saturated carbocycles. The van der Waals surface area contributed by atoms with E-state index in [0.717, 1.165) is 43.2 Å². The quantitative estimate of drug-likeness (QED) is 0.112. The molecule has 2 aromatic carbocycles. The Balaban J connectivity index is 0.00000641. The molecule has 6 rings (SSSR count). The van der Waals surface area contributed by atoms with Crippen LogP contribution >= 0.6 is 0 Å². The number of hydrogen-bond donors (Lipinski definition) is 8. The summed E-state index contributed by atoms with van der Waals surface area (Å²) in [5, 5.41) is 77.7. The molecule has 4 fully saturated rings. The van der Waals surface area contributed by atoms with Gasteiger partial charge >= 0.3 is 5.97 Å². The van der Waals surface area contributed by atoms with E-state index < -0.39 is 104 Å². The standard InChI is InChI=1S/C41H57NO15.Na/c1-22-31(44)33(46)34(47)40(53-22)57-36-26(17-18-52-28(36)20-42-38(49)30(24-13-7-3-8-14-24)25-15-9-4-10-16-25)55-41-35(48)37(32(45)29(21-43)56-41)54-27(39(50)51)19-23-11-5-2-6-12-23;/h3-4,7-10,13-16,22-23,26-37,40-41,43-48H,2,5-6,11-12,17-21H2,1H3,(H,42,49)(H,50,51);/t22-,26+,27-,28+,29+,31+,32-,33+,34-,35+,36-,37-,40-,41+;/m0./s1. The average molecular weight is 827 g/mol. The Morgan fingerprint density at radius 1 is 0.759 bits per heavy atom. The zero-order valence-electron chi connectivity index (χ0n) is 33.0. The summed E-state index contributed by atoms with van der Waals surface area (Å²) in [6.45, 7) is 0.746.